The highest BCUT2D eigenvalue weighted by molar-refractivity contribution is 5.85. The molecule has 0 aliphatic carbocycles. The van der Waals surface area contributed by atoms with Gasteiger partial charge in [-0.15, -0.1) is 12.4 Å². The van der Waals surface area contributed by atoms with E-state index < -0.39 is 0 Å². The van der Waals surface area contributed by atoms with Gasteiger partial charge < -0.3 is 16.0 Å². The molecule has 2 rings (SSSR count). The summed E-state index contributed by atoms with van der Waals surface area (Å²) in [6.07, 6.45) is 0.717. The molecule has 0 saturated heterocycles. The Kier molecular flexibility index (Phi) is 5.79. The monoisotopic (exact) mass is 298 g/mol. The lowest BCUT2D eigenvalue weighted by atomic mass is 10.2. The summed E-state index contributed by atoms with van der Waals surface area (Å²) >= 11 is 0. The molecule has 0 bridgehead atoms. The van der Waals surface area contributed by atoms with Gasteiger partial charge in [0, 0.05) is 12.6 Å². The number of hydrogen-bond acceptors (Lipinski definition) is 3. The van der Waals surface area contributed by atoms with E-state index in [2.05, 4.69) is 10.3 Å². The van der Waals surface area contributed by atoms with Crippen LogP contribution in [0.3, 0.4) is 0 Å². The number of para-hydroxylation sites is 2. The largest absolute Gasteiger partial charge is 0.354 e. The molecule has 0 fully saturated rings. The van der Waals surface area contributed by atoms with Crippen molar-refractivity contribution in [3.05, 3.63) is 34.7 Å². The Morgan fingerprint density at radius 2 is 2.15 bits per heavy atom. The molecule has 0 radical (unpaired) electrons. The van der Waals surface area contributed by atoms with Crippen LogP contribution in [0.4, 0.5) is 0 Å². The molecule has 0 aliphatic heterocycles. The van der Waals surface area contributed by atoms with E-state index in [0.29, 0.717) is 13.0 Å². The predicted octanol–water partition coefficient (Wildman–Crippen LogP) is 0.605. The number of nitrogens with two attached hydrogens (primary N) is 1. The Morgan fingerprint density at radius 1 is 1.45 bits per heavy atom. The van der Waals surface area contributed by atoms with Crippen molar-refractivity contribution in [1.29, 1.82) is 0 Å². The van der Waals surface area contributed by atoms with Crippen LogP contribution in [0.15, 0.2) is 29.1 Å². The van der Waals surface area contributed by atoms with Gasteiger partial charge in [0.1, 0.15) is 6.54 Å². The third kappa shape index (κ3) is 3.85. The summed E-state index contributed by atoms with van der Waals surface area (Å²) in [7, 11) is 0. The number of rotatable bonds is 5. The number of amides is 1. The first-order chi connectivity index (χ1) is 9.08. The second-order valence-electron chi connectivity index (χ2n) is 4.65. The lowest BCUT2D eigenvalue weighted by Crippen LogP contribution is -2.33. The van der Waals surface area contributed by atoms with Crippen LogP contribution in [0.1, 0.15) is 13.3 Å². The molecule has 1 heterocycles. The fourth-order valence-electron chi connectivity index (χ4n) is 1.90. The van der Waals surface area contributed by atoms with Gasteiger partial charge in [0.15, 0.2) is 0 Å². The van der Waals surface area contributed by atoms with Crippen molar-refractivity contribution in [1.82, 2.24) is 14.9 Å². The fourth-order valence-corrected chi connectivity index (χ4v) is 1.90. The molecule has 1 aromatic carbocycles. The van der Waals surface area contributed by atoms with Crippen LogP contribution in [0.5, 0.6) is 0 Å². The van der Waals surface area contributed by atoms with Crippen LogP contribution in [-0.4, -0.2) is 28.0 Å². The SMILES string of the molecule is CC(N)CCNC(=O)Cn1c(=O)[nH]c2ccccc21.Cl. The van der Waals surface area contributed by atoms with Crippen molar-refractivity contribution in [3.63, 3.8) is 0 Å². The van der Waals surface area contributed by atoms with Crippen LogP contribution >= 0.6 is 12.4 Å². The van der Waals surface area contributed by atoms with E-state index in [1.54, 1.807) is 6.07 Å². The minimum atomic E-state index is -0.274. The van der Waals surface area contributed by atoms with E-state index in [-0.39, 0.29) is 36.6 Å². The zero-order valence-corrected chi connectivity index (χ0v) is 12.1. The standard InChI is InChI=1S/C13H18N4O2.ClH/c1-9(14)6-7-15-12(18)8-17-11-5-3-2-4-10(11)16-13(17)19;/h2-5,9H,6-8,14H2,1H3,(H,15,18)(H,16,19);1H. The van der Waals surface area contributed by atoms with E-state index >= 15 is 0 Å². The molecule has 1 amide bonds. The summed E-state index contributed by atoms with van der Waals surface area (Å²) in [6.45, 7) is 2.42. The van der Waals surface area contributed by atoms with E-state index in [1.165, 1.54) is 4.57 Å². The van der Waals surface area contributed by atoms with Gasteiger partial charge in [-0.3, -0.25) is 9.36 Å². The maximum absolute atomic E-state index is 11.8. The van der Waals surface area contributed by atoms with Crippen LogP contribution in [0, 0.1) is 0 Å². The number of nitrogens with one attached hydrogen (secondary N) is 2. The van der Waals surface area contributed by atoms with Crippen LogP contribution in [0.2, 0.25) is 0 Å². The zero-order chi connectivity index (χ0) is 13.8. The third-order valence-corrected chi connectivity index (χ3v) is 2.91. The highest BCUT2D eigenvalue weighted by Gasteiger charge is 2.09. The Balaban J connectivity index is 0.00000200. The quantitative estimate of drug-likeness (QED) is 0.755. The first-order valence-corrected chi connectivity index (χ1v) is 6.28. The Morgan fingerprint density at radius 3 is 2.85 bits per heavy atom. The summed E-state index contributed by atoms with van der Waals surface area (Å²) in [5, 5.41) is 2.75. The van der Waals surface area contributed by atoms with Crippen molar-refractivity contribution >= 4 is 29.3 Å². The maximum Gasteiger partial charge on any atom is 0.326 e. The smallest absolute Gasteiger partial charge is 0.326 e. The first kappa shape index (κ1) is 16.3. The molecule has 7 heteroatoms. The van der Waals surface area contributed by atoms with Crippen molar-refractivity contribution in [3.8, 4) is 0 Å². The first-order valence-electron chi connectivity index (χ1n) is 6.28. The van der Waals surface area contributed by atoms with Gasteiger partial charge in [-0.05, 0) is 25.5 Å². The topological polar surface area (TPSA) is 92.9 Å². The number of imidazole rings is 1. The molecular weight excluding hydrogens is 280 g/mol. The van der Waals surface area contributed by atoms with Gasteiger partial charge in [-0.2, -0.15) is 0 Å². The molecule has 1 atom stereocenters. The molecule has 0 aliphatic rings. The summed E-state index contributed by atoms with van der Waals surface area (Å²) in [6, 6.07) is 7.34. The third-order valence-electron chi connectivity index (χ3n) is 2.91. The van der Waals surface area contributed by atoms with Crippen LogP contribution in [0.25, 0.3) is 11.0 Å². The van der Waals surface area contributed by atoms with Crippen molar-refractivity contribution in [2.75, 3.05) is 6.54 Å². The lowest BCUT2D eigenvalue weighted by Gasteiger charge is -2.07. The number of carbonyl (C=O) groups excluding carboxylic acids is 1. The summed E-state index contributed by atoms with van der Waals surface area (Å²) in [5.41, 5.74) is 6.79. The minimum Gasteiger partial charge on any atom is -0.354 e. The number of fused-ring (bicyclic) bond motifs is 1. The second-order valence-corrected chi connectivity index (χ2v) is 4.65. The summed E-state index contributed by atoms with van der Waals surface area (Å²) in [5.74, 6) is -0.187. The molecule has 2 aromatic rings. The van der Waals surface area contributed by atoms with E-state index in [9.17, 15) is 9.59 Å². The Bertz CT molecular complexity index is 633. The van der Waals surface area contributed by atoms with Gasteiger partial charge >= 0.3 is 5.69 Å². The molecule has 20 heavy (non-hydrogen) atoms. The van der Waals surface area contributed by atoms with Gasteiger partial charge in [0.05, 0.1) is 11.0 Å². The number of benzene rings is 1. The highest BCUT2D eigenvalue weighted by Crippen LogP contribution is 2.08. The maximum atomic E-state index is 11.8. The van der Waals surface area contributed by atoms with Gasteiger partial charge in [0.2, 0.25) is 5.91 Å². The van der Waals surface area contributed by atoms with E-state index in [4.69, 9.17) is 5.73 Å². The van der Waals surface area contributed by atoms with Crippen molar-refractivity contribution < 1.29 is 4.79 Å². The Hall–Kier alpha value is -1.79. The normalized spacial score (nSPS) is 11.9. The second kappa shape index (κ2) is 7.12. The molecule has 1 aromatic heterocycles. The molecule has 1 unspecified atom stereocenters. The van der Waals surface area contributed by atoms with Gasteiger partial charge in [-0.1, -0.05) is 12.1 Å². The lowest BCUT2D eigenvalue weighted by molar-refractivity contribution is -0.121. The zero-order valence-electron chi connectivity index (χ0n) is 11.3. The summed E-state index contributed by atoms with van der Waals surface area (Å²) in [4.78, 5) is 26.2. The number of nitrogens with zero attached hydrogens (tertiary/aromatic N) is 1. The van der Waals surface area contributed by atoms with Crippen LogP contribution in [-0.2, 0) is 11.3 Å². The summed E-state index contributed by atoms with van der Waals surface area (Å²) < 4.78 is 1.43. The molecule has 6 nitrogen and oxygen atoms in total. The Labute approximate surface area is 122 Å². The molecular formula is C13H19ClN4O2. The predicted molar refractivity (Wildman–Crippen MR) is 81.1 cm³/mol. The molecule has 4 N–H and O–H groups in total. The van der Waals surface area contributed by atoms with Gasteiger partial charge in [0.25, 0.3) is 0 Å². The highest BCUT2D eigenvalue weighted by atomic mass is 35.5. The average molecular weight is 299 g/mol. The number of aromatic nitrogens is 2. The van der Waals surface area contributed by atoms with E-state index in [1.807, 2.05) is 25.1 Å². The van der Waals surface area contributed by atoms with Crippen LogP contribution < -0.4 is 16.7 Å². The number of hydrogen-bond donors (Lipinski definition) is 3. The van der Waals surface area contributed by atoms with E-state index in [0.717, 1.165) is 11.0 Å². The molecule has 0 spiro atoms. The average Bonchev–Trinajstić information content (AvgIpc) is 2.66. The van der Waals surface area contributed by atoms with Gasteiger partial charge in [-0.25, -0.2) is 4.79 Å². The molecule has 110 valence electrons. The van der Waals surface area contributed by atoms with Crippen molar-refractivity contribution in [2.45, 2.75) is 25.9 Å². The fraction of sp³-hybridized carbons (Fsp3) is 0.385. The molecule has 0 saturated carbocycles. The van der Waals surface area contributed by atoms with Crippen molar-refractivity contribution in [2.24, 2.45) is 5.73 Å². The number of H-pyrrole nitrogens is 1. The number of aromatic amines is 1. The minimum absolute atomic E-state index is 0. The number of halogens is 1. The number of carbonyl (C=O) groups is 1.